The molecule has 0 aromatic carbocycles. The van der Waals surface area contributed by atoms with Gasteiger partial charge in [-0.1, -0.05) is 0 Å². The number of nitrogens with one attached hydrogen (secondary N) is 1. The van der Waals surface area contributed by atoms with Gasteiger partial charge in [-0.3, -0.25) is 18.9 Å². The van der Waals surface area contributed by atoms with Gasteiger partial charge in [-0.15, -0.1) is 11.3 Å². The minimum Gasteiger partial charge on any atom is -0.339 e. The fourth-order valence-electron chi connectivity index (χ4n) is 2.62. The molecule has 7 nitrogen and oxygen atoms in total. The molecule has 1 aliphatic rings. The summed E-state index contributed by atoms with van der Waals surface area (Å²) in [6, 6.07) is 1.60. The third kappa shape index (κ3) is 3.18. The fourth-order valence-corrected chi connectivity index (χ4v) is 3.35. The molecule has 1 N–H and O–H groups in total. The summed E-state index contributed by atoms with van der Waals surface area (Å²) in [5.74, 6) is 0.138. The van der Waals surface area contributed by atoms with Crippen LogP contribution in [0.3, 0.4) is 0 Å². The summed E-state index contributed by atoms with van der Waals surface area (Å²) in [6.45, 7) is 4.09. The van der Waals surface area contributed by atoms with Crippen LogP contribution in [0, 0.1) is 0 Å². The van der Waals surface area contributed by atoms with Crippen molar-refractivity contribution in [2.45, 2.75) is 6.54 Å². The number of hydrogen-bond acceptors (Lipinski definition) is 6. The molecule has 0 spiro atoms. The van der Waals surface area contributed by atoms with E-state index in [0.717, 1.165) is 36.8 Å². The molecule has 3 rings (SSSR count). The lowest BCUT2D eigenvalue weighted by molar-refractivity contribution is -0.131. The lowest BCUT2D eigenvalue weighted by Crippen LogP contribution is -2.50. The van der Waals surface area contributed by atoms with Gasteiger partial charge in [0, 0.05) is 50.4 Å². The van der Waals surface area contributed by atoms with Gasteiger partial charge in [0.2, 0.25) is 5.91 Å². The number of thiazole rings is 1. The highest BCUT2D eigenvalue weighted by Crippen LogP contribution is 2.10. The maximum atomic E-state index is 12.0. The van der Waals surface area contributed by atoms with E-state index in [1.807, 2.05) is 10.3 Å². The first-order valence-corrected chi connectivity index (χ1v) is 8.16. The number of aromatic nitrogens is 2. The highest BCUT2D eigenvalue weighted by Gasteiger charge is 2.21. The first-order valence-electron chi connectivity index (χ1n) is 7.28. The molecule has 1 aliphatic heterocycles. The van der Waals surface area contributed by atoms with Crippen LogP contribution in [-0.2, 0) is 11.3 Å². The van der Waals surface area contributed by atoms with E-state index < -0.39 is 0 Å². The maximum absolute atomic E-state index is 12.0. The van der Waals surface area contributed by atoms with Gasteiger partial charge in [-0.05, 0) is 7.05 Å². The summed E-state index contributed by atoms with van der Waals surface area (Å²) < 4.78 is 1.56. The van der Waals surface area contributed by atoms with Crippen molar-refractivity contribution in [2.75, 3.05) is 39.8 Å². The Bertz CT molecular complexity index is 717. The highest BCUT2D eigenvalue weighted by molar-refractivity contribution is 7.15. The van der Waals surface area contributed by atoms with Crippen molar-refractivity contribution in [1.82, 2.24) is 24.5 Å². The topological polar surface area (TPSA) is 70.0 Å². The average Bonchev–Trinajstić information content (AvgIpc) is 2.97. The number of nitrogens with zero attached hydrogens (tertiary/aromatic N) is 4. The smallest absolute Gasteiger partial charge is 0.258 e. The zero-order valence-electron chi connectivity index (χ0n) is 12.5. The fraction of sp³-hybridized carbons (Fsp3) is 0.500. The molecule has 0 saturated carbocycles. The molecule has 8 heteroatoms. The number of carbonyl (C=O) groups is 1. The van der Waals surface area contributed by atoms with Crippen molar-refractivity contribution in [3.05, 3.63) is 33.7 Å². The van der Waals surface area contributed by atoms with Crippen LogP contribution in [0.2, 0.25) is 0 Å². The van der Waals surface area contributed by atoms with Crippen LogP contribution >= 0.6 is 11.3 Å². The number of rotatable bonds is 4. The molecule has 118 valence electrons. The first-order chi connectivity index (χ1) is 10.7. The summed E-state index contributed by atoms with van der Waals surface area (Å²) in [4.78, 5) is 33.1. The summed E-state index contributed by atoms with van der Waals surface area (Å²) in [5.41, 5.74) is 0.756. The third-order valence-electron chi connectivity index (χ3n) is 3.79. The third-order valence-corrected chi connectivity index (χ3v) is 4.55. The molecule has 22 heavy (non-hydrogen) atoms. The lowest BCUT2D eigenvalue weighted by Gasteiger charge is -2.34. The Kier molecular flexibility index (Phi) is 4.51. The zero-order valence-corrected chi connectivity index (χ0v) is 13.3. The SMILES string of the molecule is CNCC(=O)N1CCN(Cc2cc(=O)n3ccsc3n2)CC1. The molecule has 0 aliphatic carbocycles. The van der Waals surface area contributed by atoms with Gasteiger partial charge in [-0.2, -0.15) is 0 Å². The van der Waals surface area contributed by atoms with E-state index in [-0.39, 0.29) is 11.5 Å². The van der Waals surface area contributed by atoms with Crippen molar-refractivity contribution in [1.29, 1.82) is 0 Å². The van der Waals surface area contributed by atoms with Gasteiger partial charge >= 0.3 is 0 Å². The van der Waals surface area contributed by atoms with Crippen molar-refractivity contribution >= 4 is 22.2 Å². The second-order valence-electron chi connectivity index (χ2n) is 5.33. The Morgan fingerprint density at radius 2 is 2.14 bits per heavy atom. The van der Waals surface area contributed by atoms with Crippen LogP contribution in [0.5, 0.6) is 0 Å². The summed E-state index contributed by atoms with van der Waals surface area (Å²) >= 11 is 1.46. The molecule has 0 bridgehead atoms. The number of hydrogen-bond donors (Lipinski definition) is 1. The quantitative estimate of drug-likeness (QED) is 0.831. The molecule has 1 amide bonds. The largest absolute Gasteiger partial charge is 0.339 e. The van der Waals surface area contributed by atoms with Gasteiger partial charge in [0.15, 0.2) is 4.96 Å². The molecular weight excluding hydrogens is 302 g/mol. The normalized spacial score (nSPS) is 16.3. The predicted octanol–water partition coefficient (Wildman–Crippen LogP) is -0.380. The second-order valence-corrected chi connectivity index (χ2v) is 6.20. The molecule has 3 heterocycles. The van der Waals surface area contributed by atoms with E-state index in [4.69, 9.17) is 0 Å². The summed E-state index contributed by atoms with van der Waals surface area (Å²) in [7, 11) is 1.78. The molecule has 2 aromatic rings. The van der Waals surface area contributed by atoms with E-state index in [1.165, 1.54) is 11.3 Å². The highest BCUT2D eigenvalue weighted by atomic mass is 32.1. The Balaban J connectivity index is 1.62. The van der Waals surface area contributed by atoms with Crippen molar-refractivity contribution < 1.29 is 4.79 Å². The van der Waals surface area contributed by atoms with Crippen LogP contribution < -0.4 is 10.9 Å². The van der Waals surface area contributed by atoms with Crippen LogP contribution in [0.4, 0.5) is 0 Å². The number of fused-ring (bicyclic) bond motifs is 1. The second kappa shape index (κ2) is 6.55. The average molecular weight is 321 g/mol. The van der Waals surface area contributed by atoms with Gasteiger partial charge in [0.25, 0.3) is 5.56 Å². The minimum atomic E-state index is -0.0379. The number of likely N-dealkylation sites (N-methyl/N-ethyl adjacent to an activating group) is 1. The van der Waals surface area contributed by atoms with E-state index in [0.29, 0.717) is 13.1 Å². The van der Waals surface area contributed by atoms with E-state index in [1.54, 1.807) is 23.7 Å². The Morgan fingerprint density at radius 1 is 1.36 bits per heavy atom. The number of piperazine rings is 1. The standard InChI is InChI=1S/C14H19N5O2S/c1-15-9-13(21)18-4-2-17(3-5-18)10-11-8-12(20)19-6-7-22-14(19)16-11/h6-8,15H,2-5,9-10H2,1H3. The molecule has 0 unspecified atom stereocenters. The number of amides is 1. The molecule has 0 radical (unpaired) electrons. The van der Waals surface area contributed by atoms with Crippen molar-refractivity contribution in [2.24, 2.45) is 0 Å². The maximum Gasteiger partial charge on any atom is 0.258 e. The molecule has 2 aromatic heterocycles. The molecule has 1 saturated heterocycles. The van der Waals surface area contributed by atoms with Gasteiger partial charge in [0.1, 0.15) is 0 Å². The Morgan fingerprint density at radius 3 is 2.86 bits per heavy atom. The van der Waals surface area contributed by atoms with Gasteiger partial charge in [-0.25, -0.2) is 4.98 Å². The van der Waals surface area contributed by atoms with E-state index >= 15 is 0 Å². The monoisotopic (exact) mass is 321 g/mol. The molecule has 0 atom stereocenters. The zero-order chi connectivity index (χ0) is 15.5. The first kappa shape index (κ1) is 15.1. The van der Waals surface area contributed by atoms with E-state index in [9.17, 15) is 9.59 Å². The van der Waals surface area contributed by atoms with Crippen LogP contribution in [-0.4, -0.2) is 64.9 Å². The van der Waals surface area contributed by atoms with Crippen molar-refractivity contribution in [3.8, 4) is 0 Å². The predicted molar refractivity (Wildman–Crippen MR) is 85.1 cm³/mol. The van der Waals surface area contributed by atoms with Crippen LogP contribution in [0.1, 0.15) is 5.69 Å². The van der Waals surface area contributed by atoms with E-state index in [2.05, 4.69) is 15.2 Å². The molecule has 1 fully saturated rings. The lowest BCUT2D eigenvalue weighted by atomic mass is 10.2. The van der Waals surface area contributed by atoms with Crippen molar-refractivity contribution in [3.63, 3.8) is 0 Å². The minimum absolute atomic E-state index is 0.0379. The number of carbonyl (C=O) groups excluding carboxylic acids is 1. The molecular formula is C14H19N5O2S. The summed E-state index contributed by atoms with van der Waals surface area (Å²) in [5, 5.41) is 4.75. The van der Waals surface area contributed by atoms with Gasteiger partial charge < -0.3 is 10.2 Å². The Labute approximate surface area is 132 Å². The van der Waals surface area contributed by atoms with Gasteiger partial charge in [0.05, 0.1) is 12.2 Å². The van der Waals surface area contributed by atoms with Crippen LogP contribution in [0.15, 0.2) is 22.4 Å². The van der Waals surface area contributed by atoms with Crippen LogP contribution in [0.25, 0.3) is 4.96 Å². The Hall–Kier alpha value is -1.77. The summed E-state index contributed by atoms with van der Waals surface area (Å²) in [6.07, 6.45) is 1.74.